The molecule has 108 valence electrons. The van der Waals surface area contributed by atoms with Gasteiger partial charge in [0.1, 0.15) is 5.75 Å². The molecule has 6 nitrogen and oxygen atoms in total. The highest BCUT2D eigenvalue weighted by molar-refractivity contribution is 6.07. The fourth-order valence-electron chi connectivity index (χ4n) is 1.84. The van der Waals surface area contributed by atoms with Gasteiger partial charge in [0.25, 0.3) is 5.91 Å². The maximum Gasteiger partial charge on any atom is 0.259 e. The molecule has 0 aliphatic rings. The van der Waals surface area contributed by atoms with Gasteiger partial charge >= 0.3 is 0 Å². The van der Waals surface area contributed by atoms with Gasteiger partial charge in [-0.15, -0.1) is 0 Å². The fraction of sp³-hybridized carbons (Fsp3) is 0.0667. The second kappa shape index (κ2) is 5.96. The minimum absolute atomic E-state index is 0.0514. The third kappa shape index (κ3) is 3.30. The second-order valence-corrected chi connectivity index (χ2v) is 4.54. The summed E-state index contributed by atoms with van der Waals surface area (Å²) in [7, 11) is 0. The topological polar surface area (TPSA) is 108 Å². The largest absolute Gasteiger partial charge is 0.507 e. The Morgan fingerprint density at radius 1 is 1.24 bits per heavy atom. The van der Waals surface area contributed by atoms with Crippen LogP contribution in [0.4, 0.5) is 5.69 Å². The van der Waals surface area contributed by atoms with Gasteiger partial charge < -0.3 is 21.4 Å². The lowest BCUT2D eigenvalue weighted by Gasteiger charge is -2.09. The molecule has 2 rings (SSSR count). The maximum absolute atomic E-state index is 12.2. The lowest BCUT2D eigenvalue weighted by molar-refractivity contribution is 0.102. The molecule has 0 radical (unpaired) electrons. The van der Waals surface area contributed by atoms with Crippen molar-refractivity contribution in [3.8, 4) is 5.75 Å². The van der Waals surface area contributed by atoms with Crippen molar-refractivity contribution in [1.82, 2.24) is 0 Å². The highest BCUT2D eigenvalue weighted by atomic mass is 16.4. The van der Waals surface area contributed by atoms with Gasteiger partial charge in [-0.3, -0.25) is 4.79 Å². The molecule has 1 amide bonds. The van der Waals surface area contributed by atoms with Crippen LogP contribution in [0.1, 0.15) is 21.5 Å². The van der Waals surface area contributed by atoms with Crippen LogP contribution < -0.4 is 11.1 Å². The molecule has 0 saturated heterocycles. The third-order valence-electron chi connectivity index (χ3n) is 2.92. The predicted molar refractivity (Wildman–Crippen MR) is 79.7 cm³/mol. The predicted octanol–water partition coefficient (Wildman–Crippen LogP) is 2.05. The number of amides is 1. The van der Waals surface area contributed by atoms with E-state index in [4.69, 9.17) is 10.9 Å². The number of carbonyl (C=O) groups excluding carboxylic acids is 1. The van der Waals surface area contributed by atoms with Gasteiger partial charge in [-0.25, -0.2) is 0 Å². The first kappa shape index (κ1) is 14.4. The molecular weight excluding hydrogens is 270 g/mol. The average molecular weight is 285 g/mol. The van der Waals surface area contributed by atoms with Crippen molar-refractivity contribution in [2.45, 2.75) is 6.92 Å². The molecule has 0 heterocycles. The molecule has 0 spiro atoms. The number of aromatic hydroxyl groups is 1. The van der Waals surface area contributed by atoms with Crippen LogP contribution in [0.25, 0.3) is 0 Å². The molecular formula is C15H15N3O3. The van der Waals surface area contributed by atoms with Gasteiger partial charge in [0, 0.05) is 11.3 Å². The number of nitrogens with one attached hydrogen (secondary N) is 1. The molecule has 0 aliphatic carbocycles. The summed E-state index contributed by atoms with van der Waals surface area (Å²) < 4.78 is 0. The Balaban J connectivity index is 2.26. The lowest BCUT2D eigenvalue weighted by Crippen LogP contribution is -2.15. The summed E-state index contributed by atoms with van der Waals surface area (Å²) in [5.74, 6) is -0.581. The number of phenols is 1. The van der Waals surface area contributed by atoms with Crippen molar-refractivity contribution in [2.24, 2.45) is 10.9 Å². The normalized spacial score (nSPS) is 11.2. The standard InChI is InChI=1S/C15H15N3O3/c1-9-5-6-13(19)12(7-9)15(20)17-11-4-2-3-10(8-11)14(16)18-21/h2-8,19,21H,1H3,(H2,16,18)(H,17,20). The number of rotatable bonds is 3. The van der Waals surface area contributed by atoms with Crippen LogP contribution in [0, 0.1) is 6.92 Å². The molecule has 2 aromatic carbocycles. The maximum atomic E-state index is 12.2. The summed E-state index contributed by atoms with van der Waals surface area (Å²) >= 11 is 0. The molecule has 0 unspecified atom stereocenters. The van der Waals surface area contributed by atoms with Crippen LogP contribution in [0.15, 0.2) is 47.6 Å². The van der Waals surface area contributed by atoms with E-state index in [-0.39, 0.29) is 17.1 Å². The van der Waals surface area contributed by atoms with Gasteiger partial charge in [0.15, 0.2) is 5.84 Å². The Morgan fingerprint density at radius 3 is 2.71 bits per heavy atom. The number of nitrogens with two attached hydrogens (primary N) is 1. The van der Waals surface area contributed by atoms with E-state index in [9.17, 15) is 9.90 Å². The monoisotopic (exact) mass is 285 g/mol. The number of nitrogens with zero attached hydrogens (tertiary/aromatic N) is 1. The smallest absolute Gasteiger partial charge is 0.259 e. The molecule has 0 fully saturated rings. The Bertz CT molecular complexity index is 711. The number of hydrogen-bond donors (Lipinski definition) is 4. The zero-order valence-corrected chi connectivity index (χ0v) is 11.4. The molecule has 0 aliphatic heterocycles. The van der Waals surface area contributed by atoms with Crippen molar-refractivity contribution in [3.05, 3.63) is 59.2 Å². The number of anilines is 1. The number of benzene rings is 2. The summed E-state index contributed by atoms with van der Waals surface area (Å²) in [6.07, 6.45) is 0. The first-order valence-electron chi connectivity index (χ1n) is 6.20. The molecule has 21 heavy (non-hydrogen) atoms. The van der Waals surface area contributed by atoms with Gasteiger partial charge in [-0.05, 0) is 31.2 Å². The van der Waals surface area contributed by atoms with E-state index in [2.05, 4.69) is 10.5 Å². The van der Waals surface area contributed by atoms with E-state index in [0.29, 0.717) is 11.3 Å². The first-order chi connectivity index (χ1) is 10.0. The number of aryl methyl sites for hydroxylation is 1. The van der Waals surface area contributed by atoms with E-state index in [1.807, 2.05) is 6.92 Å². The van der Waals surface area contributed by atoms with Gasteiger partial charge in [-0.2, -0.15) is 0 Å². The van der Waals surface area contributed by atoms with Crippen LogP contribution in [-0.4, -0.2) is 22.1 Å². The Labute approximate surface area is 121 Å². The van der Waals surface area contributed by atoms with Crippen LogP contribution in [0.5, 0.6) is 5.75 Å². The number of oxime groups is 1. The number of phenolic OH excluding ortho intramolecular Hbond substituents is 1. The summed E-state index contributed by atoms with van der Waals surface area (Å²) in [4.78, 5) is 12.2. The van der Waals surface area contributed by atoms with Crippen molar-refractivity contribution in [3.63, 3.8) is 0 Å². The summed E-state index contributed by atoms with van der Waals surface area (Å²) in [6.45, 7) is 1.83. The van der Waals surface area contributed by atoms with Crippen LogP contribution in [0.2, 0.25) is 0 Å². The van der Waals surface area contributed by atoms with Crippen molar-refractivity contribution >= 4 is 17.4 Å². The number of hydrogen-bond acceptors (Lipinski definition) is 4. The summed E-state index contributed by atoms with van der Waals surface area (Å²) in [5.41, 5.74) is 7.50. The number of amidine groups is 1. The molecule has 0 saturated carbocycles. The number of carbonyl (C=O) groups is 1. The average Bonchev–Trinajstić information content (AvgIpc) is 2.49. The van der Waals surface area contributed by atoms with Gasteiger partial charge in [0.05, 0.1) is 5.56 Å². The van der Waals surface area contributed by atoms with Gasteiger partial charge in [-0.1, -0.05) is 28.9 Å². The van der Waals surface area contributed by atoms with Crippen LogP contribution >= 0.6 is 0 Å². The van der Waals surface area contributed by atoms with E-state index in [1.54, 1.807) is 36.4 Å². The second-order valence-electron chi connectivity index (χ2n) is 4.54. The molecule has 0 bridgehead atoms. The van der Waals surface area contributed by atoms with Gasteiger partial charge in [0.2, 0.25) is 0 Å². The molecule has 2 aromatic rings. The highest BCUT2D eigenvalue weighted by Crippen LogP contribution is 2.20. The molecule has 6 heteroatoms. The van der Waals surface area contributed by atoms with E-state index >= 15 is 0 Å². The van der Waals surface area contributed by atoms with Crippen LogP contribution in [-0.2, 0) is 0 Å². The summed E-state index contributed by atoms with van der Waals surface area (Å²) in [5, 5.41) is 23.9. The zero-order chi connectivity index (χ0) is 15.4. The van der Waals surface area contributed by atoms with Crippen LogP contribution in [0.3, 0.4) is 0 Å². The Kier molecular flexibility index (Phi) is 4.08. The molecule has 5 N–H and O–H groups in total. The minimum atomic E-state index is -0.437. The lowest BCUT2D eigenvalue weighted by atomic mass is 10.1. The molecule has 0 aromatic heterocycles. The van der Waals surface area contributed by atoms with Crippen molar-refractivity contribution < 1.29 is 15.1 Å². The third-order valence-corrected chi connectivity index (χ3v) is 2.92. The highest BCUT2D eigenvalue weighted by Gasteiger charge is 2.12. The SMILES string of the molecule is Cc1ccc(O)c(C(=O)Nc2cccc(/C(N)=N/O)c2)c1. The van der Waals surface area contributed by atoms with E-state index in [1.165, 1.54) is 6.07 Å². The Hall–Kier alpha value is -3.02. The van der Waals surface area contributed by atoms with Crippen molar-refractivity contribution in [1.29, 1.82) is 0 Å². The first-order valence-corrected chi connectivity index (χ1v) is 6.20. The Morgan fingerprint density at radius 2 is 2.00 bits per heavy atom. The fourth-order valence-corrected chi connectivity index (χ4v) is 1.84. The molecule has 0 atom stereocenters. The minimum Gasteiger partial charge on any atom is -0.507 e. The quantitative estimate of drug-likeness (QED) is 0.299. The van der Waals surface area contributed by atoms with Crippen molar-refractivity contribution in [2.75, 3.05) is 5.32 Å². The zero-order valence-electron chi connectivity index (χ0n) is 11.4. The summed E-state index contributed by atoms with van der Waals surface area (Å²) in [6, 6.07) is 11.3. The van der Waals surface area contributed by atoms with E-state index < -0.39 is 5.91 Å². The van der Waals surface area contributed by atoms with E-state index in [0.717, 1.165) is 5.56 Å².